The van der Waals surface area contributed by atoms with Crippen molar-refractivity contribution in [3.8, 4) is 0 Å². The molecule has 3 heteroatoms. The Morgan fingerprint density at radius 1 is 1.78 bits per heavy atom. The van der Waals surface area contributed by atoms with Crippen LogP contribution in [0.1, 0.15) is 12.8 Å². The van der Waals surface area contributed by atoms with Gasteiger partial charge in [-0.05, 0) is 26.4 Å². The first kappa shape index (κ1) is 7.47. The van der Waals surface area contributed by atoms with Crippen molar-refractivity contribution < 1.29 is 4.79 Å². The second-order valence-electron chi connectivity index (χ2n) is 2.44. The van der Waals surface area contributed by atoms with Crippen molar-refractivity contribution in [3.63, 3.8) is 0 Å². The van der Waals surface area contributed by atoms with Crippen LogP contribution in [-0.4, -0.2) is 28.3 Å². The summed E-state index contributed by atoms with van der Waals surface area (Å²) in [5, 5.41) is 0. The van der Waals surface area contributed by atoms with Gasteiger partial charge in [-0.2, -0.15) is 0 Å². The molecule has 52 valence electrons. The molecule has 0 spiro atoms. The Kier molecular flexibility index (Phi) is 2.46. The Morgan fingerprint density at radius 3 is 2.67 bits per heavy atom. The molecule has 0 N–H and O–H groups in total. The van der Waals surface area contributed by atoms with E-state index in [0.717, 1.165) is 13.0 Å². The van der Waals surface area contributed by atoms with Crippen molar-refractivity contribution in [1.29, 1.82) is 0 Å². The third-order valence-electron chi connectivity index (χ3n) is 1.78. The molecule has 0 radical (unpaired) electrons. The first-order chi connectivity index (χ1) is 4.22. The van der Waals surface area contributed by atoms with E-state index in [1.807, 2.05) is 29.6 Å². The van der Waals surface area contributed by atoms with Crippen molar-refractivity contribution in [2.24, 2.45) is 0 Å². The standard InChI is InChI=1S/C6H10INO/c1-8-4-2-3-5(8)6(7)9/h5H,2-4H2,1H3/t5-/m1/s1. The number of hydrogen-bond donors (Lipinski definition) is 0. The summed E-state index contributed by atoms with van der Waals surface area (Å²) in [5.41, 5.74) is 0. The van der Waals surface area contributed by atoms with Crippen LogP contribution in [0.2, 0.25) is 0 Å². The van der Waals surface area contributed by atoms with E-state index in [-0.39, 0.29) is 9.83 Å². The Morgan fingerprint density at radius 2 is 2.44 bits per heavy atom. The number of carbonyl (C=O) groups excluding carboxylic acids is 1. The lowest BCUT2D eigenvalue weighted by Gasteiger charge is -2.13. The van der Waals surface area contributed by atoms with Crippen molar-refractivity contribution in [3.05, 3.63) is 0 Å². The van der Waals surface area contributed by atoms with Crippen LogP contribution in [0, 0.1) is 0 Å². The minimum atomic E-state index is 0.214. The van der Waals surface area contributed by atoms with E-state index in [4.69, 9.17) is 0 Å². The molecule has 0 saturated carbocycles. The van der Waals surface area contributed by atoms with Crippen molar-refractivity contribution in [1.82, 2.24) is 4.90 Å². The highest BCUT2D eigenvalue weighted by Crippen LogP contribution is 2.17. The molecule has 0 aromatic heterocycles. The fourth-order valence-electron chi connectivity index (χ4n) is 1.20. The number of hydrogen-bond acceptors (Lipinski definition) is 2. The van der Waals surface area contributed by atoms with Crippen LogP contribution >= 0.6 is 22.6 Å². The molecule has 0 bridgehead atoms. The van der Waals surface area contributed by atoms with E-state index in [0.29, 0.717) is 0 Å². The number of nitrogens with zero attached hydrogens (tertiary/aromatic N) is 1. The molecule has 0 unspecified atom stereocenters. The Hall–Kier alpha value is 0.360. The SMILES string of the molecule is CN1CCC[C@@H]1C(=O)I. The van der Waals surface area contributed by atoms with E-state index in [9.17, 15) is 4.79 Å². The largest absolute Gasteiger partial charge is 0.296 e. The average molecular weight is 239 g/mol. The quantitative estimate of drug-likeness (QED) is 0.503. The minimum absolute atomic E-state index is 0.214. The molecular weight excluding hydrogens is 229 g/mol. The van der Waals surface area contributed by atoms with Gasteiger partial charge in [0.2, 0.25) is 3.79 Å². The van der Waals surface area contributed by atoms with Crippen LogP contribution < -0.4 is 0 Å². The van der Waals surface area contributed by atoms with Gasteiger partial charge in [0.25, 0.3) is 0 Å². The monoisotopic (exact) mass is 239 g/mol. The number of carbonyl (C=O) groups is 1. The lowest BCUT2D eigenvalue weighted by Crippen LogP contribution is -2.29. The molecule has 1 fully saturated rings. The number of rotatable bonds is 1. The number of likely N-dealkylation sites (tertiary alicyclic amines) is 1. The predicted molar refractivity (Wildman–Crippen MR) is 44.7 cm³/mol. The van der Waals surface area contributed by atoms with E-state index in [1.54, 1.807) is 0 Å². The van der Waals surface area contributed by atoms with Crippen LogP contribution in [0.3, 0.4) is 0 Å². The van der Waals surface area contributed by atoms with E-state index in [1.165, 1.54) is 6.42 Å². The van der Waals surface area contributed by atoms with Crippen LogP contribution in [0.5, 0.6) is 0 Å². The molecule has 0 aromatic carbocycles. The molecule has 1 saturated heterocycles. The van der Waals surface area contributed by atoms with Crippen molar-refractivity contribution >= 4 is 26.4 Å². The zero-order chi connectivity index (χ0) is 6.85. The van der Waals surface area contributed by atoms with Gasteiger partial charge < -0.3 is 0 Å². The first-order valence-corrected chi connectivity index (χ1v) is 4.19. The summed E-state index contributed by atoms with van der Waals surface area (Å²) in [6.07, 6.45) is 2.23. The van der Waals surface area contributed by atoms with Gasteiger partial charge in [-0.3, -0.25) is 9.69 Å². The molecule has 2 nitrogen and oxygen atoms in total. The molecule has 0 aromatic rings. The molecule has 9 heavy (non-hydrogen) atoms. The van der Waals surface area contributed by atoms with Crippen LogP contribution in [0.4, 0.5) is 0 Å². The predicted octanol–water partition coefficient (Wildman–Crippen LogP) is 1.04. The van der Waals surface area contributed by atoms with Crippen LogP contribution in [0.15, 0.2) is 0 Å². The topological polar surface area (TPSA) is 20.3 Å². The van der Waals surface area contributed by atoms with Gasteiger partial charge in [0.1, 0.15) is 0 Å². The molecule has 1 rings (SSSR count). The highest BCUT2D eigenvalue weighted by atomic mass is 127. The fourth-order valence-corrected chi connectivity index (χ4v) is 1.98. The average Bonchev–Trinajstić information content (AvgIpc) is 2.13. The molecule has 1 heterocycles. The zero-order valence-corrected chi connectivity index (χ0v) is 7.59. The summed E-state index contributed by atoms with van der Waals surface area (Å²) in [5.74, 6) is 0. The smallest absolute Gasteiger partial charge is 0.209 e. The summed E-state index contributed by atoms with van der Waals surface area (Å²) in [7, 11) is 2.01. The van der Waals surface area contributed by atoms with E-state index < -0.39 is 0 Å². The van der Waals surface area contributed by atoms with Crippen molar-refractivity contribution in [2.45, 2.75) is 18.9 Å². The van der Waals surface area contributed by atoms with Gasteiger partial charge >= 0.3 is 0 Å². The first-order valence-electron chi connectivity index (χ1n) is 3.11. The van der Waals surface area contributed by atoms with Gasteiger partial charge in [-0.15, -0.1) is 0 Å². The molecule has 0 aliphatic carbocycles. The third kappa shape index (κ3) is 1.64. The molecule has 0 amide bonds. The summed E-state index contributed by atoms with van der Waals surface area (Å²) in [6.45, 7) is 1.08. The number of likely N-dealkylation sites (N-methyl/N-ethyl adjacent to an activating group) is 1. The molecule has 1 aliphatic heterocycles. The summed E-state index contributed by atoms with van der Waals surface area (Å²) >= 11 is 1.88. The summed E-state index contributed by atoms with van der Waals surface area (Å²) < 4.78 is 0.285. The molecular formula is C6H10INO. The minimum Gasteiger partial charge on any atom is -0.296 e. The van der Waals surface area contributed by atoms with Crippen LogP contribution in [0.25, 0.3) is 0 Å². The lowest BCUT2D eigenvalue weighted by molar-refractivity contribution is -0.112. The van der Waals surface area contributed by atoms with Gasteiger partial charge in [0.15, 0.2) is 0 Å². The summed E-state index contributed by atoms with van der Waals surface area (Å²) in [4.78, 5) is 12.9. The fraction of sp³-hybridized carbons (Fsp3) is 0.833. The van der Waals surface area contributed by atoms with Gasteiger partial charge in [0.05, 0.1) is 6.04 Å². The normalized spacial score (nSPS) is 28.9. The lowest BCUT2D eigenvalue weighted by atomic mass is 10.2. The van der Waals surface area contributed by atoms with Gasteiger partial charge in [-0.25, -0.2) is 0 Å². The zero-order valence-electron chi connectivity index (χ0n) is 5.43. The summed E-state index contributed by atoms with van der Waals surface area (Å²) in [6, 6.07) is 0.214. The highest BCUT2D eigenvalue weighted by molar-refractivity contribution is 14.1. The third-order valence-corrected chi connectivity index (χ3v) is 2.50. The van der Waals surface area contributed by atoms with E-state index >= 15 is 0 Å². The number of halogens is 1. The Bertz CT molecular complexity index is 126. The van der Waals surface area contributed by atoms with Gasteiger partial charge in [-0.1, -0.05) is 0 Å². The molecule has 1 atom stereocenters. The maximum atomic E-state index is 10.8. The van der Waals surface area contributed by atoms with Crippen molar-refractivity contribution in [2.75, 3.05) is 13.6 Å². The van der Waals surface area contributed by atoms with E-state index in [2.05, 4.69) is 4.90 Å². The maximum absolute atomic E-state index is 10.8. The maximum Gasteiger partial charge on any atom is 0.209 e. The second kappa shape index (κ2) is 2.96. The highest BCUT2D eigenvalue weighted by Gasteiger charge is 2.25. The van der Waals surface area contributed by atoms with Gasteiger partial charge in [0, 0.05) is 22.6 Å². The Balaban J connectivity index is 2.49. The van der Waals surface area contributed by atoms with Crippen LogP contribution in [-0.2, 0) is 4.79 Å². The molecule has 1 aliphatic rings. The Labute approximate surface area is 68.7 Å². The second-order valence-corrected chi connectivity index (χ2v) is 3.51.